The Labute approximate surface area is 112 Å². The average molecular weight is 287 g/mol. The molecule has 2 rings (SSSR count). The molecule has 1 atom stereocenters. The molecule has 0 bridgehead atoms. The summed E-state index contributed by atoms with van der Waals surface area (Å²) in [6, 6.07) is 5.77. The Balaban J connectivity index is 2.44. The number of aliphatic hydroxyl groups excluding tert-OH is 1. The number of aromatic carboxylic acids is 1. The van der Waals surface area contributed by atoms with Crippen molar-refractivity contribution in [2.45, 2.75) is 6.10 Å². The first-order valence-electron chi connectivity index (χ1n) is 4.94. The lowest BCUT2D eigenvalue weighted by Crippen LogP contribution is -2.05. The van der Waals surface area contributed by atoms with E-state index >= 15 is 0 Å². The summed E-state index contributed by atoms with van der Waals surface area (Å²) in [6.07, 6.45) is -0.0314. The van der Waals surface area contributed by atoms with Crippen LogP contribution in [0.4, 0.5) is 0 Å². The van der Waals surface area contributed by atoms with E-state index in [4.69, 9.17) is 32.7 Å². The number of hydrogen-bond donors (Lipinski definition) is 2. The van der Waals surface area contributed by atoms with Crippen LogP contribution in [0, 0.1) is 0 Å². The van der Waals surface area contributed by atoms with Gasteiger partial charge in [-0.25, -0.2) is 4.79 Å². The number of halogens is 2. The standard InChI is InChI=1S/C12H8Cl2O4/c13-7-3-6(4-8(14)5-7)10(15)11-9(12(16)17)1-2-18-11/h1-5,10,15H,(H,16,17). The molecule has 0 aliphatic rings. The number of aliphatic hydroxyl groups is 1. The van der Waals surface area contributed by atoms with E-state index in [9.17, 15) is 9.90 Å². The van der Waals surface area contributed by atoms with E-state index in [2.05, 4.69) is 0 Å². The second kappa shape index (κ2) is 5.02. The highest BCUT2D eigenvalue weighted by atomic mass is 35.5. The Hall–Kier alpha value is -1.49. The van der Waals surface area contributed by atoms with E-state index in [1.807, 2.05) is 0 Å². The zero-order chi connectivity index (χ0) is 13.3. The van der Waals surface area contributed by atoms with Gasteiger partial charge in [0, 0.05) is 10.0 Å². The fourth-order valence-corrected chi connectivity index (χ4v) is 2.14. The smallest absolute Gasteiger partial charge is 0.339 e. The van der Waals surface area contributed by atoms with Crippen LogP contribution >= 0.6 is 23.2 Å². The molecular weight excluding hydrogens is 279 g/mol. The van der Waals surface area contributed by atoms with Crippen molar-refractivity contribution in [3.8, 4) is 0 Å². The van der Waals surface area contributed by atoms with Crippen molar-refractivity contribution in [2.24, 2.45) is 0 Å². The first kappa shape index (κ1) is 13.0. The minimum absolute atomic E-state index is 0.0548. The largest absolute Gasteiger partial charge is 0.478 e. The summed E-state index contributed by atoms with van der Waals surface area (Å²) >= 11 is 11.6. The Morgan fingerprint density at radius 2 is 1.83 bits per heavy atom. The highest BCUT2D eigenvalue weighted by Gasteiger charge is 2.22. The molecule has 1 aromatic carbocycles. The number of carboxylic acid groups (broad SMARTS) is 1. The van der Waals surface area contributed by atoms with Gasteiger partial charge in [-0.1, -0.05) is 23.2 Å². The van der Waals surface area contributed by atoms with Crippen molar-refractivity contribution in [3.63, 3.8) is 0 Å². The van der Waals surface area contributed by atoms with E-state index in [0.29, 0.717) is 15.6 Å². The van der Waals surface area contributed by atoms with Crippen LogP contribution < -0.4 is 0 Å². The fourth-order valence-electron chi connectivity index (χ4n) is 1.59. The van der Waals surface area contributed by atoms with Gasteiger partial charge in [0.1, 0.15) is 11.7 Å². The van der Waals surface area contributed by atoms with Crippen molar-refractivity contribution in [2.75, 3.05) is 0 Å². The lowest BCUT2D eigenvalue weighted by Gasteiger charge is -2.10. The van der Waals surface area contributed by atoms with E-state index < -0.39 is 12.1 Å². The number of rotatable bonds is 3. The van der Waals surface area contributed by atoms with Gasteiger partial charge < -0.3 is 14.6 Å². The van der Waals surface area contributed by atoms with Crippen LogP contribution in [0.15, 0.2) is 34.9 Å². The summed E-state index contributed by atoms with van der Waals surface area (Å²) in [7, 11) is 0. The Morgan fingerprint density at radius 3 is 2.39 bits per heavy atom. The van der Waals surface area contributed by atoms with Gasteiger partial charge in [-0.05, 0) is 29.8 Å². The average Bonchev–Trinajstić information content (AvgIpc) is 2.75. The van der Waals surface area contributed by atoms with Gasteiger partial charge in [-0.3, -0.25) is 0 Å². The first-order chi connectivity index (χ1) is 8.49. The molecule has 0 amide bonds. The Kier molecular flexibility index (Phi) is 3.61. The van der Waals surface area contributed by atoms with Crippen LogP contribution in [-0.2, 0) is 0 Å². The monoisotopic (exact) mass is 286 g/mol. The van der Waals surface area contributed by atoms with Gasteiger partial charge in [0.25, 0.3) is 0 Å². The van der Waals surface area contributed by atoms with E-state index in [0.717, 1.165) is 0 Å². The molecule has 0 aliphatic heterocycles. The molecule has 1 aromatic heterocycles. The van der Waals surface area contributed by atoms with Crippen molar-refractivity contribution >= 4 is 29.2 Å². The number of furan rings is 1. The zero-order valence-electron chi connectivity index (χ0n) is 8.93. The molecule has 6 heteroatoms. The minimum Gasteiger partial charge on any atom is -0.478 e. The highest BCUT2D eigenvalue weighted by Crippen LogP contribution is 2.30. The van der Waals surface area contributed by atoms with Gasteiger partial charge in [-0.2, -0.15) is 0 Å². The summed E-state index contributed by atoms with van der Waals surface area (Å²) in [4.78, 5) is 10.9. The summed E-state index contributed by atoms with van der Waals surface area (Å²) in [6.45, 7) is 0. The number of carbonyl (C=O) groups is 1. The molecule has 18 heavy (non-hydrogen) atoms. The van der Waals surface area contributed by atoms with Gasteiger partial charge >= 0.3 is 5.97 Å². The third-order valence-electron chi connectivity index (χ3n) is 2.37. The van der Waals surface area contributed by atoms with E-state index in [-0.39, 0.29) is 11.3 Å². The molecule has 0 spiro atoms. The van der Waals surface area contributed by atoms with Crippen molar-refractivity contribution in [1.29, 1.82) is 0 Å². The van der Waals surface area contributed by atoms with Crippen LogP contribution in [0.2, 0.25) is 10.0 Å². The molecule has 0 saturated heterocycles. The van der Waals surface area contributed by atoms with Crippen LogP contribution in [0.1, 0.15) is 27.8 Å². The quantitative estimate of drug-likeness (QED) is 0.908. The molecule has 94 valence electrons. The molecule has 0 saturated carbocycles. The molecule has 1 heterocycles. The lowest BCUT2D eigenvalue weighted by molar-refractivity contribution is 0.0687. The second-order valence-electron chi connectivity index (χ2n) is 3.61. The third kappa shape index (κ3) is 2.51. The van der Waals surface area contributed by atoms with Crippen LogP contribution in [-0.4, -0.2) is 16.2 Å². The van der Waals surface area contributed by atoms with Crippen LogP contribution in [0.5, 0.6) is 0 Å². The molecule has 0 aliphatic carbocycles. The summed E-state index contributed by atoms with van der Waals surface area (Å²) in [5, 5.41) is 19.7. The van der Waals surface area contributed by atoms with Crippen molar-refractivity contribution in [1.82, 2.24) is 0 Å². The molecule has 2 aromatic rings. The summed E-state index contributed by atoms with van der Waals surface area (Å²) < 4.78 is 5.00. The van der Waals surface area contributed by atoms with Gasteiger partial charge in [0.15, 0.2) is 5.76 Å². The predicted octanol–water partition coefficient (Wildman–Crippen LogP) is 3.37. The number of hydrogen-bond acceptors (Lipinski definition) is 3. The molecule has 0 radical (unpaired) electrons. The van der Waals surface area contributed by atoms with Crippen LogP contribution in [0.3, 0.4) is 0 Å². The van der Waals surface area contributed by atoms with E-state index in [1.54, 1.807) is 0 Å². The predicted molar refractivity (Wildman–Crippen MR) is 66.2 cm³/mol. The minimum atomic E-state index is -1.23. The van der Waals surface area contributed by atoms with Crippen molar-refractivity contribution < 1.29 is 19.4 Å². The van der Waals surface area contributed by atoms with Gasteiger partial charge in [0.05, 0.1) is 6.26 Å². The Morgan fingerprint density at radius 1 is 1.22 bits per heavy atom. The molecule has 0 fully saturated rings. The SMILES string of the molecule is O=C(O)c1ccoc1C(O)c1cc(Cl)cc(Cl)c1. The lowest BCUT2D eigenvalue weighted by atomic mass is 10.0. The number of benzene rings is 1. The molecule has 2 N–H and O–H groups in total. The third-order valence-corrected chi connectivity index (χ3v) is 2.81. The number of carboxylic acids is 1. The zero-order valence-corrected chi connectivity index (χ0v) is 10.4. The maximum Gasteiger partial charge on any atom is 0.339 e. The fraction of sp³-hybridized carbons (Fsp3) is 0.0833. The normalized spacial score (nSPS) is 12.4. The topological polar surface area (TPSA) is 70.7 Å². The molecule has 1 unspecified atom stereocenters. The maximum absolute atomic E-state index is 10.9. The summed E-state index contributed by atoms with van der Waals surface area (Å²) in [5.74, 6) is -1.23. The first-order valence-corrected chi connectivity index (χ1v) is 5.69. The molecular formula is C12H8Cl2O4. The maximum atomic E-state index is 10.9. The highest BCUT2D eigenvalue weighted by molar-refractivity contribution is 6.34. The molecule has 4 nitrogen and oxygen atoms in total. The second-order valence-corrected chi connectivity index (χ2v) is 4.48. The summed E-state index contributed by atoms with van der Waals surface area (Å²) in [5.41, 5.74) is 0.267. The van der Waals surface area contributed by atoms with E-state index in [1.165, 1.54) is 30.5 Å². The van der Waals surface area contributed by atoms with Gasteiger partial charge in [0.2, 0.25) is 0 Å². The van der Waals surface area contributed by atoms with Gasteiger partial charge in [-0.15, -0.1) is 0 Å². The van der Waals surface area contributed by atoms with Crippen molar-refractivity contribution in [3.05, 3.63) is 57.5 Å². The Bertz CT molecular complexity index is 571. The van der Waals surface area contributed by atoms with Crippen LogP contribution in [0.25, 0.3) is 0 Å².